The maximum Gasteiger partial charge on any atom is 0.225 e. The van der Waals surface area contributed by atoms with Crippen LogP contribution in [0.2, 0.25) is 0 Å². The van der Waals surface area contributed by atoms with Gasteiger partial charge >= 0.3 is 0 Å². The summed E-state index contributed by atoms with van der Waals surface area (Å²) in [7, 11) is 0. The number of amides is 1. The maximum absolute atomic E-state index is 12.6. The van der Waals surface area contributed by atoms with Gasteiger partial charge in [-0.25, -0.2) is 0 Å². The van der Waals surface area contributed by atoms with Crippen molar-refractivity contribution >= 4 is 17.7 Å². The monoisotopic (exact) mass is 282 g/mol. The van der Waals surface area contributed by atoms with E-state index in [9.17, 15) is 4.79 Å². The molecular formula is C15H26N2OS. The van der Waals surface area contributed by atoms with E-state index in [1.54, 1.807) is 0 Å². The molecule has 0 saturated heterocycles. The molecule has 19 heavy (non-hydrogen) atoms. The zero-order valence-corrected chi connectivity index (χ0v) is 12.6. The molecule has 3 fully saturated rings. The summed E-state index contributed by atoms with van der Waals surface area (Å²) in [6.07, 6.45) is 7.32. The first-order valence-electron chi connectivity index (χ1n) is 7.88. The Labute approximate surface area is 120 Å². The zero-order valence-electron chi connectivity index (χ0n) is 11.8. The number of carbonyl (C=O) groups is 1. The molecule has 3 rings (SSSR count). The molecule has 3 saturated carbocycles. The minimum atomic E-state index is 0.103. The van der Waals surface area contributed by atoms with Gasteiger partial charge < -0.3 is 11.1 Å². The van der Waals surface area contributed by atoms with Crippen LogP contribution in [0.5, 0.6) is 0 Å². The molecule has 4 heteroatoms. The highest BCUT2D eigenvalue weighted by Crippen LogP contribution is 2.47. The van der Waals surface area contributed by atoms with Gasteiger partial charge in [-0.3, -0.25) is 4.79 Å². The number of nitrogens with one attached hydrogen (secondary N) is 1. The summed E-state index contributed by atoms with van der Waals surface area (Å²) in [6.45, 7) is 2.20. The average Bonchev–Trinajstić information content (AvgIpc) is 3.06. The van der Waals surface area contributed by atoms with E-state index in [4.69, 9.17) is 5.73 Å². The van der Waals surface area contributed by atoms with Crippen molar-refractivity contribution in [3.63, 3.8) is 0 Å². The predicted molar refractivity (Wildman–Crippen MR) is 80.0 cm³/mol. The Balaban J connectivity index is 1.59. The van der Waals surface area contributed by atoms with Gasteiger partial charge in [0.2, 0.25) is 5.91 Å². The second-order valence-electron chi connectivity index (χ2n) is 6.48. The van der Waals surface area contributed by atoms with Crippen molar-refractivity contribution in [3.05, 3.63) is 0 Å². The van der Waals surface area contributed by atoms with Crippen LogP contribution in [0.25, 0.3) is 0 Å². The van der Waals surface area contributed by atoms with Gasteiger partial charge in [0.15, 0.2) is 0 Å². The van der Waals surface area contributed by atoms with Gasteiger partial charge in [-0.05, 0) is 49.7 Å². The Morgan fingerprint density at radius 2 is 2.05 bits per heavy atom. The first-order valence-corrected chi connectivity index (χ1v) is 8.93. The molecule has 6 unspecified atom stereocenters. The van der Waals surface area contributed by atoms with Crippen molar-refractivity contribution < 1.29 is 4.79 Å². The predicted octanol–water partition coefficient (Wildman–Crippen LogP) is 2.15. The molecule has 0 heterocycles. The second-order valence-corrected chi connectivity index (χ2v) is 7.99. The fourth-order valence-electron chi connectivity index (χ4n) is 4.51. The van der Waals surface area contributed by atoms with E-state index in [0.717, 1.165) is 12.2 Å². The van der Waals surface area contributed by atoms with Crippen LogP contribution in [0.3, 0.4) is 0 Å². The molecule has 0 aliphatic heterocycles. The van der Waals surface area contributed by atoms with Gasteiger partial charge in [0.25, 0.3) is 0 Å². The number of fused-ring (bicyclic) bond motifs is 2. The standard InChI is InChI=1S/C15H26N2OS/c1-2-19-12-5-3-4-11(12)17-15(18)13-9-6-7-10(8-9)14(13)16/h9-14H,2-8,16H2,1H3,(H,17,18). The van der Waals surface area contributed by atoms with E-state index in [1.165, 1.54) is 32.1 Å². The summed E-state index contributed by atoms with van der Waals surface area (Å²) in [4.78, 5) is 12.6. The fourth-order valence-corrected chi connectivity index (χ4v) is 5.71. The number of carbonyl (C=O) groups excluding carboxylic acids is 1. The van der Waals surface area contributed by atoms with Crippen LogP contribution in [0.1, 0.15) is 45.4 Å². The number of nitrogens with two attached hydrogens (primary N) is 1. The Bertz CT molecular complexity index is 347. The molecule has 0 spiro atoms. The van der Waals surface area contributed by atoms with Crippen LogP contribution in [0.4, 0.5) is 0 Å². The second kappa shape index (κ2) is 5.65. The molecule has 3 nitrogen and oxygen atoms in total. The Hall–Kier alpha value is -0.220. The summed E-state index contributed by atoms with van der Waals surface area (Å²) >= 11 is 2.00. The highest BCUT2D eigenvalue weighted by Gasteiger charge is 2.49. The Kier molecular flexibility index (Phi) is 4.08. The van der Waals surface area contributed by atoms with Crippen molar-refractivity contribution in [2.24, 2.45) is 23.5 Å². The largest absolute Gasteiger partial charge is 0.352 e. The molecule has 1 amide bonds. The Morgan fingerprint density at radius 1 is 1.26 bits per heavy atom. The van der Waals surface area contributed by atoms with E-state index < -0.39 is 0 Å². The van der Waals surface area contributed by atoms with Gasteiger partial charge in [-0.1, -0.05) is 13.3 Å². The van der Waals surface area contributed by atoms with Gasteiger partial charge in [-0.15, -0.1) is 0 Å². The summed E-state index contributed by atoms with van der Waals surface area (Å²) < 4.78 is 0. The summed E-state index contributed by atoms with van der Waals surface area (Å²) in [6, 6.07) is 0.515. The highest BCUT2D eigenvalue weighted by atomic mass is 32.2. The first-order chi connectivity index (χ1) is 9.20. The van der Waals surface area contributed by atoms with Gasteiger partial charge in [-0.2, -0.15) is 11.8 Å². The number of thioether (sulfide) groups is 1. The SMILES string of the molecule is CCSC1CCCC1NC(=O)C1C2CCC(C2)C1N. The lowest BCUT2D eigenvalue weighted by atomic mass is 9.84. The third-order valence-electron chi connectivity index (χ3n) is 5.44. The van der Waals surface area contributed by atoms with E-state index >= 15 is 0 Å². The molecule has 2 bridgehead atoms. The third kappa shape index (κ3) is 2.54. The van der Waals surface area contributed by atoms with Gasteiger partial charge in [0.1, 0.15) is 0 Å². The minimum absolute atomic E-state index is 0.103. The lowest BCUT2D eigenvalue weighted by molar-refractivity contribution is -0.127. The van der Waals surface area contributed by atoms with E-state index in [-0.39, 0.29) is 17.9 Å². The molecule has 0 aromatic rings. The van der Waals surface area contributed by atoms with E-state index in [1.807, 2.05) is 11.8 Å². The van der Waals surface area contributed by atoms with Crippen molar-refractivity contribution in [2.45, 2.75) is 62.8 Å². The van der Waals surface area contributed by atoms with Gasteiger partial charge in [0, 0.05) is 17.3 Å². The first kappa shape index (κ1) is 13.7. The summed E-state index contributed by atoms with van der Waals surface area (Å²) in [5, 5.41) is 3.96. The smallest absolute Gasteiger partial charge is 0.225 e. The van der Waals surface area contributed by atoms with Crippen molar-refractivity contribution in [3.8, 4) is 0 Å². The quantitative estimate of drug-likeness (QED) is 0.831. The Morgan fingerprint density at radius 3 is 2.74 bits per heavy atom. The zero-order chi connectivity index (χ0) is 13.4. The average molecular weight is 282 g/mol. The lowest BCUT2D eigenvalue weighted by Crippen LogP contribution is -2.49. The summed E-state index contributed by atoms with van der Waals surface area (Å²) in [5.41, 5.74) is 6.27. The third-order valence-corrected chi connectivity index (χ3v) is 6.77. The minimum Gasteiger partial charge on any atom is -0.352 e. The van der Waals surface area contributed by atoms with Crippen LogP contribution >= 0.6 is 11.8 Å². The van der Waals surface area contributed by atoms with E-state index in [2.05, 4.69) is 12.2 Å². The van der Waals surface area contributed by atoms with Gasteiger partial charge in [0.05, 0.1) is 5.92 Å². The van der Waals surface area contributed by atoms with Crippen LogP contribution in [-0.4, -0.2) is 29.0 Å². The van der Waals surface area contributed by atoms with Crippen LogP contribution in [-0.2, 0) is 4.79 Å². The maximum atomic E-state index is 12.6. The molecular weight excluding hydrogens is 256 g/mol. The molecule has 3 N–H and O–H groups in total. The topological polar surface area (TPSA) is 55.1 Å². The number of rotatable bonds is 4. The van der Waals surface area contributed by atoms with E-state index in [0.29, 0.717) is 23.1 Å². The number of hydrogen-bond donors (Lipinski definition) is 2. The molecule has 6 atom stereocenters. The van der Waals surface area contributed by atoms with Crippen molar-refractivity contribution in [2.75, 3.05) is 5.75 Å². The lowest BCUT2D eigenvalue weighted by Gasteiger charge is -2.29. The van der Waals surface area contributed by atoms with Crippen LogP contribution < -0.4 is 11.1 Å². The molecule has 108 valence electrons. The molecule has 0 aromatic heterocycles. The normalized spacial score (nSPS) is 44.7. The molecule has 0 radical (unpaired) electrons. The van der Waals surface area contributed by atoms with Crippen molar-refractivity contribution in [1.29, 1.82) is 0 Å². The van der Waals surface area contributed by atoms with Crippen LogP contribution in [0, 0.1) is 17.8 Å². The van der Waals surface area contributed by atoms with Crippen molar-refractivity contribution in [1.82, 2.24) is 5.32 Å². The van der Waals surface area contributed by atoms with Crippen LogP contribution in [0.15, 0.2) is 0 Å². The molecule has 3 aliphatic carbocycles. The molecule has 0 aromatic carbocycles. The highest BCUT2D eigenvalue weighted by molar-refractivity contribution is 7.99. The summed E-state index contributed by atoms with van der Waals surface area (Å²) in [5.74, 6) is 2.69. The fraction of sp³-hybridized carbons (Fsp3) is 0.933. The number of hydrogen-bond acceptors (Lipinski definition) is 3. The molecule has 3 aliphatic rings.